The highest BCUT2D eigenvalue weighted by Crippen LogP contribution is 2.25. The summed E-state index contributed by atoms with van der Waals surface area (Å²) in [5, 5.41) is 0. The molecule has 1 atom stereocenters. The normalized spacial score (nSPS) is 22.5. The van der Waals surface area contributed by atoms with Crippen molar-refractivity contribution in [1.82, 2.24) is 0 Å². The molecule has 0 aromatic heterocycles. The quantitative estimate of drug-likeness (QED) is 0.660. The zero-order valence-corrected chi connectivity index (χ0v) is 7.35. The molecule has 68 valence electrons. The highest BCUT2D eigenvalue weighted by atomic mass is 16.8. The van der Waals surface area contributed by atoms with E-state index >= 15 is 0 Å². The van der Waals surface area contributed by atoms with E-state index in [1.807, 2.05) is 30.3 Å². The molecule has 3 nitrogen and oxygen atoms in total. The smallest absolute Gasteiger partial charge is 0.224 e. The fraction of sp³-hybridized carbons (Fsp3) is 0.400. The Morgan fingerprint density at radius 1 is 1.31 bits per heavy atom. The Labute approximate surface area is 76.9 Å². The van der Waals surface area contributed by atoms with Gasteiger partial charge in [0.25, 0.3) is 0 Å². The number of benzene rings is 1. The lowest BCUT2D eigenvalue weighted by Gasteiger charge is -2.14. The van der Waals surface area contributed by atoms with Gasteiger partial charge >= 0.3 is 0 Å². The highest BCUT2D eigenvalue weighted by Gasteiger charge is 2.27. The van der Waals surface area contributed by atoms with Crippen LogP contribution < -0.4 is 0 Å². The van der Waals surface area contributed by atoms with Crippen LogP contribution in [0.1, 0.15) is 24.5 Å². The Balaban J connectivity index is 2.13. The average molecular weight is 178 g/mol. The number of hydrogen-bond acceptors (Lipinski definition) is 2. The second kappa shape index (κ2) is 3.56. The van der Waals surface area contributed by atoms with Gasteiger partial charge in [-0.3, -0.25) is 0 Å². The molecule has 0 spiro atoms. The highest BCUT2D eigenvalue weighted by molar-refractivity contribution is 5.17. The van der Waals surface area contributed by atoms with Crippen molar-refractivity contribution in [2.24, 2.45) is 0 Å². The van der Waals surface area contributed by atoms with E-state index in [-0.39, 0.29) is 6.10 Å². The Morgan fingerprint density at radius 2 is 2.08 bits per heavy atom. The van der Waals surface area contributed by atoms with Gasteiger partial charge in [-0.2, -0.15) is 0 Å². The van der Waals surface area contributed by atoms with Gasteiger partial charge in [0, 0.05) is 12.8 Å². The van der Waals surface area contributed by atoms with E-state index in [1.165, 1.54) is 0 Å². The molecule has 1 heterocycles. The summed E-state index contributed by atoms with van der Waals surface area (Å²) >= 11 is 0. The maximum absolute atomic E-state index is 10.9. The molecule has 0 saturated carbocycles. The molecule has 1 aliphatic heterocycles. The van der Waals surface area contributed by atoms with Crippen molar-refractivity contribution in [3.8, 4) is 0 Å². The van der Waals surface area contributed by atoms with Crippen LogP contribution in [0.15, 0.2) is 30.3 Å². The molecule has 0 amide bonds. The minimum absolute atomic E-state index is 0.0487. The number of hydrogen-bond donors (Lipinski definition) is 0. The molecule has 1 aliphatic rings. The van der Waals surface area contributed by atoms with Crippen LogP contribution in [-0.2, 0) is 4.84 Å². The zero-order valence-electron chi connectivity index (χ0n) is 7.35. The third kappa shape index (κ3) is 1.86. The predicted molar refractivity (Wildman–Crippen MR) is 48.0 cm³/mol. The van der Waals surface area contributed by atoms with Crippen LogP contribution in [0.5, 0.6) is 0 Å². The van der Waals surface area contributed by atoms with E-state index < -0.39 is 0 Å². The molecule has 1 aromatic carbocycles. The van der Waals surface area contributed by atoms with E-state index in [0.717, 1.165) is 18.4 Å². The molecule has 1 fully saturated rings. The molecule has 0 radical (unpaired) electrons. The fourth-order valence-electron chi connectivity index (χ4n) is 1.55. The van der Waals surface area contributed by atoms with E-state index in [9.17, 15) is 4.91 Å². The van der Waals surface area contributed by atoms with Crippen molar-refractivity contribution >= 4 is 0 Å². The monoisotopic (exact) mass is 178 g/mol. The number of rotatable bonds is 1. The van der Waals surface area contributed by atoms with Gasteiger partial charge in [-0.15, -0.1) is 0 Å². The molecule has 0 aliphatic carbocycles. The van der Waals surface area contributed by atoms with Crippen LogP contribution in [0.2, 0.25) is 0 Å². The Bertz CT molecular complexity index is 297. The van der Waals surface area contributed by atoms with Gasteiger partial charge in [0.2, 0.25) is 11.5 Å². The van der Waals surface area contributed by atoms with Crippen LogP contribution in [-0.4, -0.2) is 11.5 Å². The Kier molecular flexibility index (Phi) is 2.25. The lowest BCUT2D eigenvalue weighted by atomic mass is 10.0. The van der Waals surface area contributed by atoms with Crippen LogP contribution >= 0.6 is 0 Å². The maximum atomic E-state index is 10.9. The molecular formula is C10H12NO2+. The van der Waals surface area contributed by atoms with E-state index in [1.54, 1.807) is 0 Å². The Hall–Kier alpha value is -1.38. The molecule has 1 aromatic rings. The first-order chi connectivity index (χ1) is 6.36. The van der Waals surface area contributed by atoms with Crippen LogP contribution in [0.4, 0.5) is 0 Å². The summed E-state index contributed by atoms with van der Waals surface area (Å²) in [4.78, 5) is 16.8. The van der Waals surface area contributed by atoms with Crippen molar-refractivity contribution < 1.29 is 9.76 Å². The minimum atomic E-state index is -0.0487. The van der Waals surface area contributed by atoms with Crippen molar-refractivity contribution in [2.45, 2.75) is 18.9 Å². The van der Waals surface area contributed by atoms with Crippen molar-refractivity contribution in [3.63, 3.8) is 0 Å². The summed E-state index contributed by atoms with van der Waals surface area (Å²) in [6.45, 7) is 0.489. The predicted octanol–water partition coefficient (Wildman–Crippen LogP) is 2.23. The summed E-state index contributed by atoms with van der Waals surface area (Å²) in [6, 6.07) is 9.86. The molecular weight excluding hydrogens is 166 g/mol. The fourth-order valence-corrected chi connectivity index (χ4v) is 1.55. The molecule has 3 heteroatoms. The van der Waals surface area contributed by atoms with Crippen molar-refractivity contribution in [1.29, 1.82) is 0 Å². The van der Waals surface area contributed by atoms with E-state index in [2.05, 4.69) is 0 Å². The van der Waals surface area contributed by atoms with Crippen LogP contribution in [0.25, 0.3) is 0 Å². The van der Waals surface area contributed by atoms with Gasteiger partial charge in [-0.05, 0) is 5.56 Å². The van der Waals surface area contributed by atoms with Crippen molar-refractivity contribution in [2.75, 3.05) is 6.54 Å². The number of nitrogens with zero attached hydrogens (tertiary/aromatic N) is 1. The van der Waals surface area contributed by atoms with Gasteiger partial charge < -0.3 is 0 Å². The molecule has 0 N–H and O–H groups in total. The lowest BCUT2D eigenvalue weighted by molar-refractivity contribution is -0.824. The molecule has 2 rings (SSSR count). The summed E-state index contributed by atoms with van der Waals surface area (Å²) in [6.07, 6.45) is 1.79. The largest absolute Gasteiger partial charge is 0.248 e. The topological polar surface area (TPSA) is 29.3 Å². The van der Waals surface area contributed by atoms with Crippen LogP contribution in [0, 0.1) is 4.91 Å². The lowest BCUT2D eigenvalue weighted by Crippen LogP contribution is -2.21. The molecule has 13 heavy (non-hydrogen) atoms. The molecule has 1 unspecified atom stereocenters. The average Bonchev–Trinajstić information content (AvgIpc) is 2.19. The van der Waals surface area contributed by atoms with Gasteiger partial charge in [0.05, 0.1) is 4.91 Å². The van der Waals surface area contributed by atoms with Crippen molar-refractivity contribution in [3.05, 3.63) is 40.8 Å². The van der Waals surface area contributed by atoms with Crippen LogP contribution in [0.3, 0.4) is 0 Å². The standard InChI is InChI=1S/C10H12NO2/c12-11-8-4-7-10(13-11)9-5-2-1-3-6-9/h1-3,5-6,10H,4,7-8H2/q+1. The zero-order chi connectivity index (χ0) is 9.10. The molecule has 1 saturated heterocycles. The van der Waals surface area contributed by atoms with Gasteiger partial charge in [-0.25, -0.2) is 4.84 Å². The third-order valence-corrected chi connectivity index (χ3v) is 2.22. The summed E-state index contributed by atoms with van der Waals surface area (Å²) < 4.78 is 0. The van der Waals surface area contributed by atoms with E-state index in [0.29, 0.717) is 11.5 Å². The third-order valence-electron chi connectivity index (χ3n) is 2.22. The van der Waals surface area contributed by atoms with Gasteiger partial charge in [-0.1, -0.05) is 30.3 Å². The summed E-state index contributed by atoms with van der Waals surface area (Å²) in [5.41, 5.74) is 1.09. The van der Waals surface area contributed by atoms with Gasteiger partial charge in [0.15, 0.2) is 6.10 Å². The minimum Gasteiger partial charge on any atom is -0.224 e. The Morgan fingerprint density at radius 3 is 2.77 bits per heavy atom. The first-order valence-corrected chi connectivity index (χ1v) is 4.52. The summed E-state index contributed by atoms with van der Waals surface area (Å²) in [7, 11) is 0. The first-order valence-electron chi connectivity index (χ1n) is 4.52. The second-order valence-electron chi connectivity index (χ2n) is 3.20. The van der Waals surface area contributed by atoms with Gasteiger partial charge in [0.1, 0.15) is 0 Å². The first kappa shape index (κ1) is 8.23. The second-order valence-corrected chi connectivity index (χ2v) is 3.20. The molecule has 0 bridgehead atoms. The maximum Gasteiger partial charge on any atom is 0.248 e. The summed E-state index contributed by atoms with van der Waals surface area (Å²) in [5.74, 6) is 0. The SMILES string of the molecule is O=[N+]1CCCC(c2ccccc2)O1. The van der Waals surface area contributed by atoms with E-state index in [4.69, 9.17) is 4.84 Å².